The SMILES string of the molecule is Cn1cc(C(=O)N2CCCC(Oc3cccnn3)C2)nn1. The zero-order valence-electron chi connectivity index (χ0n) is 11.7. The minimum Gasteiger partial charge on any atom is -0.471 e. The number of piperidine rings is 1. The van der Waals surface area contributed by atoms with Crippen LogP contribution in [-0.2, 0) is 7.05 Å². The van der Waals surface area contributed by atoms with Crippen LogP contribution in [-0.4, -0.2) is 55.2 Å². The summed E-state index contributed by atoms with van der Waals surface area (Å²) in [5.41, 5.74) is 0.359. The van der Waals surface area contributed by atoms with E-state index in [-0.39, 0.29) is 12.0 Å². The lowest BCUT2D eigenvalue weighted by atomic mass is 10.1. The summed E-state index contributed by atoms with van der Waals surface area (Å²) in [6.07, 6.45) is 4.92. The highest BCUT2D eigenvalue weighted by molar-refractivity contribution is 5.92. The zero-order chi connectivity index (χ0) is 14.7. The molecule has 1 fully saturated rings. The number of hydrogen-bond donors (Lipinski definition) is 0. The van der Waals surface area contributed by atoms with Gasteiger partial charge in [0, 0.05) is 25.9 Å². The smallest absolute Gasteiger partial charge is 0.276 e. The van der Waals surface area contributed by atoms with Gasteiger partial charge < -0.3 is 9.64 Å². The molecule has 0 N–H and O–H groups in total. The molecule has 1 aliphatic rings. The van der Waals surface area contributed by atoms with E-state index in [0.717, 1.165) is 12.8 Å². The van der Waals surface area contributed by atoms with Crippen molar-refractivity contribution >= 4 is 5.91 Å². The molecule has 0 aliphatic carbocycles. The Morgan fingerprint density at radius 2 is 2.33 bits per heavy atom. The molecule has 3 heterocycles. The topological polar surface area (TPSA) is 86.0 Å². The van der Waals surface area contributed by atoms with Gasteiger partial charge in [-0.3, -0.25) is 9.48 Å². The molecule has 2 aromatic heterocycles. The van der Waals surface area contributed by atoms with E-state index in [1.54, 1.807) is 36.5 Å². The minimum atomic E-state index is -0.115. The van der Waals surface area contributed by atoms with E-state index in [0.29, 0.717) is 24.7 Å². The lowest BCUT2D eigenvalue weighted by Gasteiger charge is -2.31. The van der Waals surface area contributed by atoms with Gasteiger partial charge in [0.05, 0.1) is 12.7 Å². The molecule has 0 spiro atoms. The number of aromatic nitrogens is 5. The first-order chi connectivity index (χ1) is 10.2. The fraction of sp³-hybridized carbons (Fsp3) is 0.462. The largest absolute Gasteiger partial charge is 0.471 e. The second-order valence-electron chi connectivity index (χ2n) is 4.97. The van der Waals surface area contributed by atoms with Crippen LogP contribution in [0.1, 0.15) is 23.3 Å². The van der Waals surface area contributed by atoms with E-state index in [9.17, 15) is 4.79 Å². The first-order valence-corrected chi connectivity index (χ1v) is 6.82. The van der Waals surface area contributed by atoms with Crippen molar-refractivity contribution in [3.05, 3.63) is 30.2 Å². The zero-order valence-corrected chi connectivity index (χ0v) is 11.7. The summed E-state index contributed by atoms with van der Waals surface area (Å²) < 4.78 is 7.29. The van der Waals surface area contributed by atoms with Crippen LogP contribution in [0.5, 0.6) is 5.88 Å². The first-order valence-electron chi connectivity index (χ1n) is 6.82. The van der Waals surface area contributed by atoms with E-state index >= 15 is 0 Å². The molecule has 2 aromatic rings. The quantitative estimate of drug-likeness (QED) is 0.807. The van der Waals surface area contributed by atoms with Gasteiger partial charge in [-0.1, -0.05) is 5.21 Å². The Labute approximate surface area is 121 Å². The first kappa shape index (κ1) is 13.5. The molecule has 3 rings (SSSR count). The fourth-order valence-corrected chi connectivity index (χ4v) is 2.35. The van der Waals surface area contributed by atoms with Crippen molar-refractivity contribution in [2.45, 2.75) is 18.9 Å². The molecule has 1 unspecified atom stereocenters. The summed E-state index contributed by atoms with van der Waals surface area (Å²) in [7, 11) is 1.74. The monoisotopic (exact) mass is 288 g/mol. The minimum absolute atomic E-state index is 0.0731. The number of carbonyl (C=O) groups is 1. The van der Waals surface area contributed by atoms with Crippen LogP contribution < -0.4 is 4.74 Å². The van der Waals surface area contributed by atoms with Gasteiger partial charge in [-0.2, -0.15) is 5.10 Å². The van der Waals surface area contributed by atoms with E-state index in [4.69, 9.17) is 4.74 Å². The molecule has 21 heavy (non-hydrogen) atoms. The molecule has 1 amide bonds. The maximum atomic E-state index is 12.3. The third-order valence-corrected chi connectivity index (χ3v) is 3.32. The summed E-state index contributed by atoms with van der Waals surface area (Å²) >= 11 is 0. The average Bonchev–Trinajstić information content (AvgIpc) is 2.94. The van der Waals surface area contributed by atoms with Crippen molar-refractivity contribution in [1.82, 2.24) is 30.1 Å². The molecule has 110 valence electrons. The van der Waals surface area contributed by atoms with E-state index in [1.807, 2.05) is 0 Å². The van der Waals surface area contributed by atoms with Gasteiger partial charge in [0.15, 0.2) is 5.69 Å². The standard InChI is InChI=1S/C13H16N6O2/c1-18-9-11(15-17-18)13(20)19-7-3-4-10(8-19)21-12-5-2-6-14-16-12/h2,5-6,9-10H,3-4,7-8H2,1H3. The van der Waals surface area contributed by atoms with Crippen molar-refractivity contribution in [2.75, 3.05) is 13.1 Å². The molecule has 8 heteroatoms. The summed E-state index contributed by atoms with van der Waals surface area (Å²) in [5.74, 6) is 0.367. The van der Waals surface area contributed by atoms with Crippen molar-refractivity contribution in [2.24, 2.45) is 7.05 Å². The normalized spacial score (nSPS) is 18.5. The fourth-order valence-electron chi connectivity index (χ4n) is 2.35. The van der Waals surface area contributed by atoms with Crippen LogP contribution in [0, 0.1) is 0 Å². The molecular formula is C13H16N6O2. The van der Waals surface area contributed by atoms with Crippen molar-refractivity contribution < 1.29 is 9.53 Å². The Morgan fingerprint density at radius 1 is 1.43 bits per heavy atom. The Balaban J connectivity index is 1.64. The van der Waals surface area contributed by atoms with Gasteiger partial charge in [0.1, 0.15) is 6.10 Å². The predicted octanol–water partition coefficient (Wildman–Crippen LogP) is 0.289. The molecule has 1 saturated heterocycles. The molecule has 0 radical (unpaired) electrons. The highest BCUT2D eigenvalue weighted by Crippen LogP contribution is 2.17. The molecular weight excluding hydrogens is 272 g/mol. The summed E-state index contributed by atoms with van der Waals surface area (Å²) in [6, 6.07) is 3.53. The molecule has 0 saturated carbocycles. The summed E-state index contributed by atoms with van der Waals surface area (Å²) in [4.78, 5) is 14.1. The van der Waals surface area contributed by atoms with Crippen LogP contribution in [0.15, 0.2) is 24.5 Å². The maximum absolute atomic E-state index is 12.3. The number of ether oxygens (including phenoxy) is 1. The molecule has 1 aliphatic heterocycles. The maximum Gasteiger partial charge on any atom is 0.276 e. The van der Waals surface area contributed by atoms with Crippen LogP contribution in [0.25, 0.3) is 0 Å². The van der Waals surface area contributed by atoms with Gasteiger partial charge in [-0.25, -0.2) is 0 Å². The molecule has 0 bridgehead atoms. The summed E-state index contributed by atoms with van der Waals surface area (Å²) in [6.45, 7) is 1.22. The number of aryl methyl sites for hydroxylation is 1. The van der Waals surface area contributed by atoms with Crippen LogP contribution in [0.4, 0.5) is 0 Å². The Hall–Kier alpha value is -2.51. The van der Waals surface area contributed by atoms with Gasteiger partial charge in [0.2, 0.25) is 5.88 Å². The number of nitrogens with zero attached hydrogens (tertiary/aromatic N) is 6. The Morgan fingerprint density at radius 3 is 3.05 bits per heavy atom. The van der Waals surface area contributed by atoms with Crippen molar-refractivity contribution in [1.29, 1.82) is 0 Å². The van der Waals surface area contributed by atoms with Gasteiger partial charge in [0.25, 0.3) is 5.91 Å². The number of likely N-dealkylation sites (tertiary alicyclic amines) is 1. The van der Waals surface area contributed by atoms with Crippen LogP contribution >= 0.6 is 0 Å². The number of hydrogen-bond acceptors (Lipinski definition) is 6. The lowest BCUT2D eigenvalue weighted by molar-refractivity contribution is 0.0520. The lowest BCUT2D eigenvalue weighted by Crippen LogP contribution is -2.44. The van der Waals surface area contributed by atoms with Gasteiger partial charge in [-0.05, 0) is 18.9 Å². The Bertz CT molecular complexity index is 614. The predicted molar refractivity (Wildman–Crippen MR) is 72.6 cm³/mol. The van der Waals surface area contributed by atoms with Crippen LogP contribution in [0.3, 0.4) is 0 Å². The number of carbonyl (C=O) groups excluding carboxylic acids is 1. The molecule has 1 atom stereocenters. The van der Waals surface area contributed by atoms with E-state index in [1.165, 1.54) is 4.68 Å². The van der Waals surface area contributed by atoms with Crippen molar-refractivity contribution in [3.8, 4) is 5.88 Å². The molecule has 8 nitrogen and oxygen atoms in total. The molecule has 0 aromatic carbocycles. The van der Waals surface area contributed by atoms with Crippen LogP contribution in [0.2, 0.25) is 0 Å². The van der Waals surface area contributed by atoms with Gasteiger partial charge >= 0.3 is 0 Å². The van der Waals surface area contributed by atoms with E-state index in [2.05, 4.69) is 20.5 Å². The van der Waals surface area contributed by atoms with Gasteiger partial charge in [-0.15, -0.1) is 10.2 Å². The third-order valence-electron chi connectivity index (χ3n) is 3.32. The second-order valence-corrected chi connectivity index (χ2v) is 4.97. The highest BCUT2D eigenvalue weighted by atomic mass is 16.5. The second kappa shape index (κ2) is 5.86. The number of rotatable bonds is 3. The third kappa shape index (κ3) is 3.15. The summed E-state index contributed by atoms with van der Waals surface area (Å²) in [5, 5.41) is 15.3. The Kier molecular flexibility index (Phi) is 3.76. The average molecular weight is 288 g/mol. The highest BCUT2D eigenvalue weighted by Gasteiger charge is 2.27. The number of amides is 1. The van der Waals surface area contributed by atoms with E-state index < -0.39 is 0 Å². The van der Waals surface area contributed by atoms with Crippen molar-refractivity contribution in [3.63, 3.8) is 0 Å².